The van der Waals surface area contributed by atoms with Gasteiger partial charge in [-0.25, -0.2) is 4.79 Å². The lowest BCUT2D eigenvalue weighted by Gasteiger charge is -2.35. The molecule has 4 amide bonds. The summed E-state index contributed by atoms with van der Waals surface area (Å²) in [5, 5.41) is 10.5. The van der Waals surface area contributed by atoms with Crippen molar-refractivity contribution in [2.45, 2.75) is 25.8 Å². The molecule has 1 aromatic heterocycles. The van der Waals surface area contributed by atoms with Crippen LogP contribution in [0.1, 0.15) is 28.1 Å². The Morgan fingerprint density at radius 2 is 1.88 bits per heavy atom. The van der Waals surface area contributed by atoms with E-state index in [2.05, 4.69) is 16.0 Å². The van der Waals surface area contributed by atoms with Gasteiger partial charge in [-0.05, 0) is 49.3 Å². The number of likely N-dealkylation sites (tertiary alicyclic amines) is 1. The highest BCUT2D eigenvalue weighted by Crippen LogP contribution is 2.23. The number of ether oxygens (including phenoxy) is 1. The van der Waals surface area contributed by atoms with E-state index in [-0.39, 0.29) is 23.8 Å². The first-order valence-corrected chi connectivity index (χ1v) is 11.6. The Bertz CT molecular complexity index is 893. The van der Waals surface area contributed by atoms with Crippen LogP contribution >= 0.6 is 11.3 Å². The van der Waals surface area contributed by atoms with Crippen LogP contribution < -0.4 is 16.0 Å². The second-order valence-corrected chi connectivity index (χ2v) is 8.78. The van der Waals surface area contributed by atoms with Crippen molar-refractivity contribution in [3.05, 3.63) is 52.2 Å². The maximum absolute atomic E-state index is 12.8. The van der Waals surface area contributed by atoms with Crippen LogP contribution in [0.25, 0.3) is 0 Å². The van der Waals surface area contributed by atoms with Crippen LogP contribution in [0.2, 0.25) is 0 Å². The number of hydrogen-bond acceptors (Lipinski definition) is 5. The van der Waals surface area contributed by atoms with E-state index >= 15 is 0 Å². The summed E-state index contributed by atoms with van der Waals surface area (Å²) in [6.45, 7) is 3.79. The number of piperidine rings is 1. The average Bonchev–Trinajstić information content (AvgIpc) is 3.34. The first-order chi connectivity index (χ1) is 15.5. The number of nitrogens with one attached hydrogen (secondary N) is 3. The van der Waals surface area contributed by atoms with E-state index in [0.717, 1.165) is 11.3 Å². The molecule has 3 rings (SSSR count). The molecule has 0 unspecified atom stereocenters. The Kier molecular flexibility index (Phi) is 8.64. The van der Waals surface area contributed by atoms with Gasteiger partial charge < -0.3 is 25.6 Å². The summed E-state index contributed by atoms with van der Waals surface area (Å²) in [5.41, 5.74) is 1.88. The van der Waals surface area contributed by atoms with E-state index in [1.807, 2.05) is 36.6 Å². The number of nitrogens with zero attached hydrogens (tertiary/aromatic N) is 1. The smallest absolute Gasteiger partial charge is 0.321 e. The van der Waals surface area contributed by atoms with E-state index in [9.17, 15) is 14.4 Å². The van der Waals surface area contributed by atoms with Crippen LogP contribution in [0.3, 0.4) is 0 Å². The lowest BCUT2D eigenvalue weighted by molar-refractivity contribution is -0.124. The maximum atomic E-state index is 12.8. The van der Waals surface area contributed by atoms with Gasteiger partial charge in [0.25, 0.3) is 5.91 Å². The normalized spacial score (nSPS) is 15.1. The van der Waals surface area contributed by atoms with Gasteiger partial charge in [-0.1, -0.05) is 23.8 Å². The van der Waals surface area contributed by atoms with Gasteiger partial charge in [0.15, 0.2) is 0 Å². The number of hydrogen-bond donors (Lipinski definition) is 3. The van der Waals surface area contributed by atoms with Gasteiger partial charge in [-0.15, -0.1) is 11.3 Å². The summed E-state index contributed by atoms with van der Waals surface area (Å²) < 4.78 is 5.00. The highest BCUT2D eigenvalue weighted by atomic mass is 32.1. The Hall–Kier alpha value is -2.91. The third-order valence-corrected chi connectivity index (χ3v) is 6.39. The molecule has 2 aromatic rings. The number of carbonyl (C=O) groups is 3. The minimum atomic E-state index is -0.663. The molecular formula is C23H30N4O4S. The summed E-state index contributed by atoms with van der Waals surface area (Å²) in [4.78, 5) is 40.4. The molecule has 3 N–H and O–H groups in total. The number of urea groups is 1. The molecule has 0 aliphatic carbocycles. The number of aryl methyl sites for hydroxylation is 1. The number of amides is 4. The third-order valence-electron chi connectivity index (χ3n) is 5.52. The molecule has 2 heterocycles. The largest absolute Gasteiger partial charge is 0.383 e. The lowest BCUT2D eigenvalue weighted by atomic mass is 9.88. The zero-order valence-corrected chi connectivity index (χ0v) is 19.2. The predicted molar refractivity (Wildman–Crippen MR) is 125 cm³/mol. The van der Waals surface area contributed by atoms with Crippen LogP contribution in [0.15, 0.2) is 41.8 Å². The van der Waals surface area contributed by atoms with Gasteiger partial charge in [-0.2, -0.15) is 0 Å². The van der Waals surface area contributed by atoms with Gasteiger partial charge >= 0.3 is 6.03 Å². The molecule has 9 heteroatoms. The first kappa shape index (κ1) is 23.7. The highest BCUT2D eigenvalue weighted by Gasteiger charge is 2.34. The molecule has 32 heavy (non-hydrogen) atoms. The summed E-state index contributed by atoms with van der Waals surface area (Å²) in [7, 11) is 1.57. The van der Waals surface area contributed by atoms with Gasteiger partial charge in [-0.3, -0.25) is 9.59 Å². The third kappa shape index (κ3) is 6.54. The monoisotopic (exact) mass is 458 g/mol. The van der Waals surface area contributed by atoms with Crippen molar-refractivity contribution in [3.8, 4) is 0 Å². The summed E-state index contributed by atoms with van der Waals surface area (Å²) in [6, 6.07) is 10.4. The zero-order valence-electron chi connectivity index (χ0n) is 18.4. The molecule has 0 bridgehead atoms. The Labute approximate surface area is 192 Å². The molecule has 1 aromatic carbocycles. The summed E-state index contributed by atoms with van der Waals surface area (Å²) >= 11 is 1.33. The van der Waals surface area contributed by atoms with Gasteiger partial charge in [0.2, 0.25) is 5.91 Å². The molecule has 0 saturated carbocycles. The lowest BCUT2D eigenvalue weighted by Crippen LogP contribution is -2.54. The van der Waals surface area contributed by atoms with Gasteiger partial charge in [0.05, 0.1) is 11.5 Å². The van der Waals surface area contributed by atoms with Crippen LogP contribution in [0.4, 0.5) is 10.5 Å². The van der Waals surface area contributed by atoms with Crippen molar-refractivity contribution in [2.24, 2.45) is 5.92 Å². The fourth-order valence-electron chi connectivity index (χ4n) is 3.68. The SMILES string of the molecule is COCCNC(=O)[C@H](NC(=O)c1cccs1)C1CCN(C(=O)Nc2ccc(C)cc2)CC1. The quantitative estimate of drug-likeness (QED) is 0.530. The molecule has 1 saturated heterocycles. The van der Waals surface area contributed by atoms with Crippen LogP contribution in [0, 0.1) is 12.8 Å². The Morgan fingerprint density at radius 1 is 1.16 bits per heavy atom. The van der Waals surface area contributed by atoms with E-state index in [1.165, 1.54) is 11.3 Å². The molecule has 1 aliphatic heterocycles. The number of anilines is 1. The molecule has 1 fully saturated rings. The Balaban J connectivity index is 1.59. The minimum absolute atomic E-state index is 0.0649. The fraction of sp³-hybridized carbons (Fsp3) is 0.435. The molecule has 0 radical (unpaired) electrons. The Morgan fingerprint density at radius 3 is 2.50 bits per heavy atom. The molecular weight excluding hydrogens is 428 g/mol. The van der Waals surface area contributed by atoms with Crippen molar-refractivity contribution in [3.63, 3.8) is 0 Å². The van der Waals surface area contributed by atoms with Crippen LogP contribution in [0.5, 0.6) is 0 Å². The van der Waals surface area contributed by atoms with E-state index in [1.54, 1.807) is 24.1 Å². The van der Waals surface area contributed by atoms with Gasteiger partial charge in [0.1, 0.15) is 6.04 Å². The van der Waals surface area contributed by atoms with E-state index in [0.29, 0.717) is 44.0 Å². The van der Waals surface area contributed by atoms with Crippen LogP contribution in [-0.2, 0) is 9.53 Å². The predicted octanol–water partition coefficient (Wildman–Crippen LogP) is 2.86. The number of carbonyl (C=O) groups excluding carboxylic acids is 3. The van der Waals surface area contributed by atoms with E-state index in [4.69, 9.17) is 4.74 Å². The van der Waals surface area contributed by atoms with E-state index < -0.39 is 6.04 Å². The summed E-state index contributed by atoms with van der Waals surface area (Å²) in [5.74, 6) is -0.550. The molecule has 1 aliphatic rings. The highest BCUT2D eigenvalue weighted by molar-refractivity contribution is 7.12. The molecule has 172 valence electrons. The maximum Gasteiger partial charge on any atom is 0.321 e. The van der Waals surface area contributed by atoms with Crippen molar-refractivity contribution in [2.75, 3.05) is 38.7 Å². The minimum Gasteiger partial charge on any atom is -0.383 e. The molecule has 8 nitrogen and oxygen atoms in total. The van der Waals surface area contributed by atoms with Crippen molar-refractivity contribution >= 4 is 34.9 Å². The topological polar surface area (TPSA) is 99.8 Å². The summed E-state index contributed by atoms with van der Waals surface area (Å²) in [6.07, 6.45) is 1.24. The fourth-order valence-corrected chi connectivity index (χ4v) is 4.31. The number of methoxy groups -OCH3 is 1. The van der Waals surface area contributed by atoms with Crippen molar-refractivity contribution in [1.29, 1.82) is 0 Å². The second-order valence-electron chi connectivity index (χ2n) is 7.83. The average molecular weight is 459 g/mol. The van der Waals surface area contributed by atoms with Crippen LogP contribution in [-0.4, -0.2) is 62.1 Å². The number of benzene rings is 1. The number of rotatable bonds is 8. The van der Waals surface area contributed by atoms with Crippen molar-refractivity contribution < 1.29 is 19.1 Å². The number of thiophene rings is 1. The standard InChI is InChI=1S/C23H30N4O4S/c1-16-5-7-18(8-6-16)25-23(30)27-12-9-17(10-13-27)20(22(29)24-11-14-31-2)26-21(28)19-4-3-15-32-19/h3-8,15,17,20H,9-14H2,1-2H3,(H,24,29)(H,25,30)(H,26,28)/t20-/m1/s1. The molecule has 0 spiro atoms. The first-order valence-electron chi connectivity index (χ1n) is 10.7. The zero-order chi connectivity index (χ0) is 22.9. The molecule has 1 atom stereocenters. The van der Waals surface area contributed by atoms with Crippen molar-refractivity contribution in [1.82, 2.24) is 15.5 Å². The second kappa shape index (κ2) is 11.6. The van der Waals surface area contributed by atoms with Gasteiger partial charge in [0, 0.05) is 32.4 Å².